The molecule has 1 fully saturated rings. The first-order valence-corrected chi connectivity index (χ1v) is 7.98. The van der Waals surface area contributed by atoms with Crippen LogP contribution >= 0.6 is 12.4 Å². The molecule has 0 aromatic carbocycles. The van der Waals surface area contributed by atoms with Gasteiger partial charge in [0.1, 0.15) is 6.04 Å². The third-order valence-corrected chi connectivity index (χ3v) is 4.17. The van der Waals surface area contributed by atoms with E-state index in [9.17, 15) is 9.59 Å². The minimum absolute atomic E-state index is 0. The maximum absolute atomic E-state index is 12.2. The number of amides is 2. The molecule has 1 saturated heterocycles. The zero-order chi connectivity index (χ0) is 16.8. The van der Waals surface area contributed by atoms with Gasteiger partial charge in [0.2, 0.25) is 11.8 Å². The molecule has 3 N–H and O–H groups in total. The largest absolute Gasteiger partial charge is 0.384 e. The Morgan fingerprint density at radius 1 is 1.26 bits per heavy atom. The Bertz CT molecular complexity index is 385. The first kappa shape index (κ1) is 22.1. The number of carbonyl (C=O) groups is 2. The van der Waals surface area contributed by atoms with Crippen LogP contribution in [0.15, 0.2) is 0 Å². The van der Waals surface area contributed by atoms with Gasteiger partial charge in [0.05, 0.1) is 6.61 Å². The Morgan fingerprint density at radius 3 is 2.30 bits per heavy atom. The Hall–Kier alpha value is -0.850. The van der Waals surface area contributed by atoms with Gasteiger partial charge in [0.25, 0.3) is 0 Å². The van der Waals surface area contributed by atoms with E-state index in [4.69, 9.17) is 4.74 Å². The summed E-state index contributed by atoms with van der Waals surface area (Å²) >= 11 is 0. The van der Waals surface area contributed by atoms with E-state index in [1.54, 1.807) is 14.0 Å². The van der Waals surface area contributed by atoms with Crippen molar-refractivity contribution in [2.24, 2.45) is 10.8 Å². The molecule has 0 saturated carbocycles. The zero-order valence-electron chi connectivity index (χ0n) is 15.0. The number of hydrogen-bond donors (Lipinski definition) is 3. The van der Waals surface area contributed by atoms with Gasteiger partial charge in [-0.2, -0.15) is 0 Å². The summed E-state index contributed by atoms with van der Waals surface area (Å²) in [6.07, 6.45) is 1.95. The third kappa shape index (κ3) is 7.06. The van der Waals surface area contributed by atoms with E-state index in [0.29, 0.717) is 13.2 Å². The molecule has 0 aromatic rings. The van der Waals surface area contributed by atoms with Crippen LogP contribution in [0.3, 0.4) is 0 Å². The molecule has 1 heterocycles. The lowest BCUT2D eigenvalue weighted by molar-refractivity contribution is -0.133. The van der Waals surface area contributed by atoms with E-state index in [2.05, 4.69) is 16.0 Å². The fourth-order valence-corrected chi connectivity index (χ4v) is 2.54. The molecule has 0 spiro atoms. The average molecular weight is 350 g/mol. The van der Waals surface area contributed by atoms with Crippen LogP contribution in [-0.2, 0) is 14.3 Å². The van der Waals surface area contributed by atoms with E-state index in [1.807, 2.05) is 20.8 Å². The van der Waals surface area contributed by atoms with Gasteiger partial charge in [-0.05, 0) is 32.9 Å². The Labute approximate surface area is 145 Å². The predicted molar refractivity (Wildman–Crippen MR) is 93.7 cm³/mol. The minimum Gasteiger partial charge on any atom is -0.384 e. The molecule has 2 amide bonds. The molecule has 0 aliphatic carbocycles. The van der Waals surface area contributed by atoms with Crippen LogP contribution in [0.2, 0.25) is 0 Å². The lowest BCUT2D eigenvalue weighted by atomic mass is 9.79. The van der Waals surface area contributed by atoms with Crippen molar-refractivity contribution in [3.8, 4) is 0 Å². The first-order valence-electron chi connectivity index (χ1n) is 7.98. The van der Waals surface area contributed by atoms with Gasteiger partial charge in [-0.15, -0.1) is 12.4 Å². The van der Waals surface area contributed by atoms with E-state index in [-0.39, 0.29) is 29.6 Å². The van der Waals surface area contributed by atoms with Gasteiger partial charge in [-0.25, -0.2) is 0 Å². The highest BCUT2D eigenvalue weighted by atomic mass is 35.5. The number of methoxy groups -OCH3 is 1. The van der Waals surface area contributed by atoms with E-state index >= 15 is 0 Å². The number of rotatable bonds is 6. The highest BCUT2D eigenvalue weighted by Crippen LogP contribution is 2.28. The van der Waals surface area contributed by atoms with Gasteiger partial charge in [0, 0.05) is 24.5 Å². The third-order valence-electron chi connectivity index (χ3n) is 4.17. The highest BCUT2D eigenvalue weighted by molar-refractivity contribution is 5.89. The summed E-state index contributed by atoms with van der Waals surface area (Å²) in [6, 6.07) is -0.534. The molecule has 1 aliphatic heterocycles. The summed E-state index contributed by atoms with van der Waals surface area (Å²) in [6.45, 7) is 10.3. The van der Waals surface area contributed by atoms with Gasteiger partial charge < -0.3 is 20.7 Å². The maximum atomic E-state index is 12.2. The van der Waals surface area contributed by atoms with Crippen molar-refractivity contribution in [2.45, 2.75) is 46.6 Å². The average Bonchev–Trinajstić information content (AvgIpc) is 2.45. The topological polar surface area (TPSA) is 79.5 Å². The molecule has 23 heavy (non-hydrogen) atoms. The number of halogens is 1. The predicted octanol–water partition coefficient (Wildman–Crippen LogP) is 1.09. The van der Waals surface area contributed by atoms with Crippen molar-refractivity contribution in [3.05, 3.63) is 0 Å². The molecule has 0 radical (unpaired) electrons. The Balaban J connectivity index is 0.00000484. The molecule has 0 bridgehead atoms. The van der Waals surface area contributed by atoms with Gasteiger partial charge >= 0.3 is 0 Å². The quantitative estimate of drug-likeness (QED) is 0.670. The molecular formula is C16H32ClN3O3. The lowest BCUT2D eigenvalue weighted by Gasteiger charge is -2.37. The van der Waals surface area contributed by atoms with Gasteiger partial charge in [0.15, 0.2) is 0 Å². The number of carbonyl (C=O) groups excluding carboxylic acids is 2. The van der Waals surface area contributed by atoms with E-state index < -0.39 is 11.5 Å². The van der Waals surface area contributed by atoms with Crippen molar-refractivity contribution in [1.29, 1.82) is 0 Å². The van der Waals surface area contributed by atoms with Crippen LogP contribution in [0, 0.1) is 10.8 Å². The summed E-state index contributed by atoms with van der Waals surface area (Å²) < 4.78 is 5.34. The Morgan fingerprint density at radius 2 is 1.83 bits per heavy atom. The fraction of sp³-hybridized carbons (Fsp3) is 0.875. The van der Waals surface area contributed by atoms with Crippen LogP contribution < -0.4 is 16.0 Å². The second kappa shape index (κ2) is 9.45. The molecule has 0 aromatic heterocycles. The number of nitrogens with one attached hydrogen (secondary N) is 3. The summed E-state index contributed by atoms with van der Waals surface area (Å²) in [5.74, 6) is -0.268. The summed E-state index contributed by atoms with van der Waals surface area (Å²) in [5, 5.41) is 9.06. The number of ether oxygens (including phenoxy) is 1. The van der Waals surface area contributed by atoms with Gasteiger partial charge in [-0.3, -0.25) is 9.59 Å². The second-order valence-electron chi connectivity index (χ2n) is 7.35. The fourth-order valence-electron chi connectivity index (χ4n) is 2.54. The normalized spacial score (nSPS) is 18.5. The number of hydrogen-bond acceptors (Lipinski definition) is 4. The van der Waals surface area contributed by atoms with Crippen molar-refractivity contribution < 1.29 is 14.3 Å². The summed E-state index contributed by atoms with van der Waals surface area (Å²) in [5.41, 5.74) is -0.510. The second-order valence-corrected chi connectivity index (χ2v) is 7.35. The molecule has 1 rings (SSSR count). The van der Waals surface area contributed by atoms with E-state index in [0.717, 1.165) is 25.9 Å². The monoisotopic (exact) mass is 349 g/mol. The van der Waals surface area contributed by atoms with Crippen molar-refractivity contribution in [1.82, 2.24) is 16.0 Å². The maximum Gasteiger partial charge on any atom is 0.242 e. The standard InChI is InChI=1S/C16H31N3O3.ClH/c1-12(19-14(21)15(2,3)4)13(20)18-10-16(11-22-5)6-8-17-9-7-16;/h12,17H,6-11H2,1-5H3,(H,18,20)(H,19,21);1H. The smallest absolute Gasteiger partial charge is 0.242 e. The SMILES string of the molecule is COCC1(CNC(=O)C(C)NC(=O)C(C)(C)C)CCNCC1.Cl. The van der Waals surface area contributed by atoms with E-state index in [1.165, 1.54) is 0 Å². The van der Waals surface area contributed by atoms with Crippen LogP contribution in [0.5, 0.6) is 0 Å². The molecule has 136 valence electrons. The summed E-state index contributed by atoms with van der Waals surface area (Å²) in [7, 11) is 1.69. The number of piperidine rings is 1. The molecule has 1 aliphatic rings. The van der Waals surface area contributed by atoms with Crippen molar-refractivity contribution >= 4 is 24.2 Å². The van der Waals surface area contributed by atoms with Crippen molar-refractivity contribution in [3.63, 3.8) is 0 Å². The van der Waals surface area contributed by atoms with Crippen LogP contribution in [0.4, 0.5) is 0 Å². The zero-order valence-corrected chi connectivity index (χ0v) is 15.8. The van der Waals surface area contributed by atoms with Crippen molar-refractivity contribution in [2.75, 3.05) is 33.4 Å². The highest BCUT2D eigenvalue weighted by Gasteiger charge is 2.33. The molecule has 1 unspecified atom stereocenters. The van der Waals surface area contributed by atoms with Crippen LogP contribution in [0.25, 0.3) is 0 Å². The summed E-state index contributed by atoms with van der Waals surface area (Å²) in [4.78, 5) is 24.1. The minimum atomic E-state index is -0.534. The molecule has 1 atom stereocenters. The lowest BCUT2D eigenvalue weighted by Crippen LogP contribution is -2.52. The molecule has 6 nitrogen and oxygen atoms in total. The van der Waals surface area contributed by atoms with Crippen LogP contribution in [0.1, 0.15) is 40.5 Å². The Kier molecular flexibility index (Phi) is 9.10. The van der Waals surface area contributed by atoms with Crippen LogP contribution in [-0.4, -0.2) is 51.2 Å². The molecular weight excluding hydrogens is 318 g/mol. The van der Waals surface area contributed by atoms with Gasteiger partial charge in [-0.1, -0.05) is 20.8 Å². The molecule has 7 heteroatoms. The first-order chi connectivity index (χ1) is 10.2.